The summed E-state index contributed by atoms with van der Waals surface area (Å²) in [5.74, 6) is -0.278. The van der Waals surface area contributed by atoms with Gasteiger partial charge in [-0.1, -0.05) is 18.2 Å². The molecule has 1 unspecified atom stereocenters. The Morgan fingerprint density at radius 2 is 1.83 bits per heavy atom. The molecule has 1 heterocycles. The minimum atomic E-state index is -4.38. The molecule has 2 rings (SSSR count). The van der Waals surface area contributed by atoms with E-state index in [4.69, 9.17) is 0 Å². The summed E-state index contributed by atoms with van der Waals surface area (Å²) in [5, 5.41) is 2.95. The maximum atomic E-state index is 13.1. The molecule has 1 atom stereocenters. The number of benzene rings is 1. The molecule has 2 aromatic rings. The molecule has 0 aliphatic rings. The molecule has 0 amide bonds. The van der Waals surface area contributed by atoms with Gasteiger partial charge in [-0.3, -0.25) is 0 Å². The summed E-state index contributed by atoms with van der Waals surface area (Å²) in [6.07, 6.45) is -4.38. The molecule has 7 heteroatoms. The van der Waals surface area contributed by atoms with Crippen LogP contribution in [0.2, 0.25) is 0 Å². The molecule has 0 aliphatic heterocycles. The predicted molar refractivity (Wildman–Crippen MR) is 80.6 cm³/mol. The summed E-state index contributed by atoms with van der Waals surface area (Å²) < 4.78 is 51.6. The number of nitrogens with zero attached hydrogens (tertiary/aromatic N) is 2. The van der Waals surface area contributed by atoms with Gasteiger partial charge in [-0.25, -0.2) is 4.98 Å². The topological polar surface area (TPSA) is 28.2 Å². The Kier molecular flexibility index (Phi) is 5.20. The van der Waals surface area contributed by atoms with Crippen molar-refractivity contribution in [1.29, 1.82) is 0 Å². The zero-order chi connectivity index (χ0) is 17.0. The highest BCUT2D eigenvalue weighted by Crippen LogP contribution is 2.31. The monoisotopic (exact) mass is 327 g/mol. The number of hydrogen-bond donors (Lipinski definition) is 1. The van der Waals surface area contributed by atoms with Crippen molar-refractivity contribution < 1.29 is 17.6 Å². The van der Waals surface area contributed by atoms with Gasteiger partial charge in [0, 0.05) is 6.54 Å². The summed E-state index contributed by atoms with van der Waals surface area (Å²) in [5.41, 5.74) is -0.167. The number of anilines is 1. The van der Waals surface area contributed by atoms with Crippen LogP contribution in [-0.2, 0) is 6.18 Å². The molecule has 0 radical (unpaired) electrons. The SMILES string of the molecule is CN(C)C(CNc1cccc(F)n1)c1cccc(C(F)(F)F)c1. The fraction of sp³-hybridized carbons (Fsp3) is 0.312. The van der Waals surface area contributed by atoms with E-state index in [1.807, 2.05) is 0 Å². The Hall–Kier alpha value is -2.15. The zero-order valence-corrected chi connectivity index (χ0v) is 12.7. The van der Waals surface area contributed by atoms with Gasteiger partial charge in [0.2, 0.25) is 5.95 Å². The first-order chi connectivity index (χ1) is 10.8. The lowest BCUT2D eigenvalue weighted by Crippen LogP contribution is -2.27. The first kappa shape index (κ1) is 17.2. The van der Waals surface area contributed by atoms with Gasteiger partial charge in [-0.05, 0) is 43.9 Å². The number of likely N-dealkylation sites (N-methyl/N-ethyl adjacent to an activating group) is 1. The predicted octanol–water partition coefficient (Wildman–Crippen LogP) is 3.95. The maximum Gasteiger partial charge on any atom is 0.416 e. The smallest absolute Gasteiger partial charge is 0.368 e. The van der Waals surface area contributed by atoms with E-state index in [2.05, 4.69) is 10.3 Å². The fourth-order valence-electron chi connectivity index (χ4n) is 2.23. The number of nitrogens with one attached hydrogen (secondary N) is 1. The molecule has 3 nitrogen and oxygen atoms in total. The average Bonchev–Trinajstić information content (AvgIpc) is 2.46. The van der Waals surface area contributed by atoms with Gasteiger partial charge < -0.3 is 10.2 Å². The van der Waals surface area contributed by atoms with Crippen molar-refractivity contribution in [2.75, 3.05) is 26.0 Å². The Balaban J connectivity index is 2.19. The Morgan fingerprint density at radius 3 is 2.43 bits per heavy atom. The van der Waals surface area contributed by atoms with Crippen LogP contribution in [0, 0.1) is 5.95 Å². The molecule has 124 valence electrons. The summed E-state index contributed by atoms with van der Waals surface area (Å²) in [6, 6.07) is 9.21. The van der Waals surface area contributed by atoms with E-state index < -0.39 is 17.7 Å². The van der Waals surface area contributed by atoms with Crippen LogP contribution < -0.4 is 5.32 Å². The number of rotatable bonds is 5. The molecule has 0 fully saturated rings. The van der Waals surface area contributed by atoms with Crippen molar-refractivity contribution >= 4 is 5.82 Å². The zero-order valence-electron chi connectivity index (χ0n) is 12.7. The molecular weight excluding hydrogens is 310 g/mol. The van der Waals surface area contributed by atoms with E-state index in [0.717, 1.165) is 12.1 Å². The number of alkyl halides is 3. The van der Waals surface area contributed by atoms with E-state index in [1.54, 1.807) is 31.1 Å². The Morgan fingerprint density at radius 1 is 1.13 bits per heavy atom. The first-order valence-electron chi connectivity index (χ1n) is 6.97. The van der Waals surface area contributed by atoms with Crippen molar-refractivity contribution in [2.45, 2.75) is 12.2 Å². The second-order valence-corrected chi connectivity index (χ2v) is 5.33. The second kappa shape index (κ2) is 6.95. The van der Waals surface area contributed by atoms with Crippen LogP contribution in [0.25, 0.3) is 0 Å². The summed E-state index contributed by atoms with van der Waals surface area (Å²) in [6.45, 7) is 0.296. The molecule has 1 aromatic carbocycles. The normalized spacial score (nSPS) is 13.2. The largest absolute Gasteiger partial charge is 0.416 e. The molecular formula is C16H17F4N3. The quantitative estimate of drug-likeness (QED) is 0.666. The lowest BCUT2D eigenvalue weighted by molar-refractivity contribution is -0.137. The number of aromatic nitrogens is 1. The van der Waals surface area contributed by atoms with Crippen LogP contribution in [0.4, 0.5) is 23.4 Å². The highest BCUT2D eigenvalue weighted by molar-refractivity contribution is 5.35. The number of hydrogen-bond acceptors (Lipinski definition) is 3. The van der Waals surface area contributed by atoms with Crippen molar-refractivity contribution in [3.05, 3.63) is 59.5 Å². The third-order valence-electron chi connectivity index (χ3n) is 3.41. The minimum Gasteiger partial charge on any atom is -0.368 e. The van der Waals surface area contributed by atoms with Crippen LogP contribution in [0.3, 0.4) is 0 Å². The van der Waals surface area contributed by atoms with Crippen molar-refractivity contribution in [3.63, 3.8) is 0 Å². The number of pyridine rings is 1. The highest BCUT2D eigenvalue weighted by Gasteiger charge is 2.31. The number of halogens is 4. The highest BCUT2D eigenvalue weighted by atomic mass is 19.4. The molecule has 0 bridgehead atoms. The van der Waals surface area contributed by atoms with E-state index in [0.29, 0.717) is 17.9 Å². The Labute approximate surface area is 132 Å². The maximum absolute atomic E-state index is 13.1. The van der Waals surface area contributed by atoms with Crippen LogP contribution >= 0.6 is 0 Å². The van der Waals surface area contributed by atoms with Crippen molar-refractivity contribution in [3.8, 4) is 0 Å². The molecule has 0 saturated carbocycles. The Bertz CT molecular complexity index is 656. The summed E-state index contributed by atoms with van der Waals surface area (Å²) in [4.78, 5) is 5.47. The minimum absolute atomic E-state index is 0.296. The van der Waals surface area contributed by atoms with Gasteiger partial charge in [0.1, 0.15) is 5.82 Å². The molecule has 23 heavy (non-hydrogen) atoms. The fourth-order valence-corrected chi connectivity index (χ4v) is 2.23. The van der Waals surface area contributed by atoms with E-state index in [-0.39, 0.29) is 6.04 Å². The van der Waals surface area contributed by atoms with Gasteiger partial charge in [0.25, 0.3) is 0 Å². The van der Waals surface area contributed by atoms with Gasteiger partial charge in [-0.15, -0.1) is 0 Å². The molecule has 0 spiro atoms. The van der Waals surface area contributed by atoms with Crippen molar-refractivity contribution in [1.82, 2.24) is 9.88 Å². The average molecular weight is 327 g/mol. The summed E-state index contributed by atoms with van der Waals surface area (Å²) >= 11 is 0. The van der Waals surface area contributed by atoms with Gasteiger partial charge in [-0.2, -0.15) is 17.6 Å². The third-order valence-corrected chi connectivity index (χ3v) is 3.41. The lowest BCUT2D eigenvalue weighted by atomic mass is 10.0. The van der Waals surface area contributed by atoms with Crippen LogP contribution in [0.5, 0.6) is 0 Å². The van der Waals surface area contributed by atoms with Crippen LogP contribution in [0.1, 0.15) is 17.2 Å². The molecule has 0 saturated heterocycles. The molecule has 0 aliphatic carbocycles. The van der Waals surface area contributed by atoms with Crippen molar-refractivity contribution in [2.24, 2.45) is 0 Å². The third kappa shape index (κ3) is 4.66. The van der Waals surface area contributed by atoms with Crippen LogP contribution in [-0.4, -0.2) is 30.5 Å². The molecule has 1 aromatic heterocycles. The van der Waals surface area contributed by atoms with Gasteiger partial charge in [0.15, 0.2) is 0 Å². The van der Waals surface area contributed by atoms with Gasteiger partial charge >= 0.3 is 6.18 Å². The van der Waals surface area contributed by atoms with E-state index >= 15 is 0 Å². The first-order valence-corrected chi connectivity index (χ1v) is 6.97. The van der Waals surface area contributed by atoms with E-state index in [9.17, 15) is 17.6 Å². The molecule has 1 N–H and O–H groups in total. The second-order valence-electron chi connectivity index (χ2n) is 5.33. The van der Waals surface area contributed by atoms with Gasteiger partial charge in [0.05, 0.1) is 11.6 Å². The van der Waals surface area contributed by atoms with Crippen LogP contribution in [0.15, 0.2) is 42.5 Å². The van der Waals surface area contributed by atoms with E-state index in [1.165, 1.54) is 18.2 Å². The summed E-state index contributed by atoms with van der Waals surface area (Å²) in [7, 11) is 3.54. The standard InChI is InChI=1S/C16H17F4N3/c1-23(2)13(10-21-15-8-4-7-14(17)22-15)11-5-3-6-12(9-11)16(18,19)20/h3-9,13H,10H2,1-2H3,(H,21,22). The lowest BCUT2D eigenvalue weighted by Gasteiger charge is -2.26.